The average molecular weight is 389 g/mol. The van der Waals surface area contributed by atoms with Gasteiger partial charge in [-0.2, -0.15) is 0 Å². The summed E-state index contributed by atoms with van der Waals surface area (Å²) in [6.45, 7) is 3.77. The second-order valence-corrected chi connectivity index (χ2v) is 6.28. The van der Waals surface area contributed by atoms with Gasteiger partial charge in [0.05, 0.1) is 11.4 Å². The van der Waals surface area contributed by atoms with E-state index in [4.69, 9.17) is 0 Å². The van der Waals surface area contributed by atoms with E-state index in [2.05, 4.69) is 10.3 Å². The van der Waals surface area contributed by atoms with Crippen LogP contribution in [0.4, 0.5) is 23.7 Å². The number of aromatic nitrogens is 1. The van der Waals surface area contributed by atoms with Crippen molar-refractivity contribution in [1.29, 1.82) is 0 Å². The number of H-pyrrole nitrogens is 1. The molecule has 0 unspecified atom stereocenters. The van der Waals surface area contributed by atoms with Crippen LogP contribution in [0.1, 0.15) is 25.5 Å². The molecule has 1 atom stereocenters. The van der Waals surface area contributed by atoms with Gasteiger partial charge in [0.25, 0.3) is 5.56 Å². The molecule has 146 valence electrons. The van der Waals surface area contributed by atoms with Crippen LogP contribution in [-0.4, -0.2) is 22.5 Å². The smallest absolute Gasteiger partial charge is 0.322 e. The maximum atomic E-state index is 13.8. The summed E-state index contributed by atoms with van der Waals surface area (Å²) in [6, 6.07) is 6.09. The number of urea groups is 1. The summed E-state index contributed by atoms with van der Waals surface area (Å²) in [4.78, 5) is 28.6. The van der Waals surface area contributed by atoms with Gasteiger partial charge in [0, 0.05) is 18.4 Å². The summed E-state index contributed by atoms with van der Waals surface area (Å²) in [7, 11) is 0. The van der Waals surface area contributed by atoms with Crippen molar-refractivity contribution in [3.8, 4) is 0 Å². The minimum absolute atomic E-state index is 0.00162. The number of nitrogens with one attached hydrogen (secondary N) is 2. The Hall–Kier alpha value is -3.29. The maximum Gasteiger partial charge on any atom is 0.322 e. The molecule has 2 N–H and O–H groups in total. The predicted molar refractivity (Wildman–Crippen MR) is 101 cm³/mol. The van der Waals surface area contributed by atoms with Gasteiger partial charge in [-0.1, -0.05) is 0 Å². The molecule has 2 amide bonds. The van der Waals surface area contributed by atoms with Crippen molar-refractivity contribution in [3.05, 3.63) is 76.0 Å². The van der Waals surface area contributed by atoms with Crippen LogP contribution in [-0.2, 0) is 0 Å². The van der Waals surface area contributed by atoms with E-state index in [-0.39, 0.29) is 10.8 Å². The molecule has 5 nitrogen and oxygen atoms in total. The van der Waals surface area contributed by atoms with Gasteiger partial charge in [0.15, 0.2) is 11.6 Å². The highest BCUT2D eigenvalue weighted by molar-refractivity contribution is 5.90. The second kappa shape index (κ2) is 7.75. The molecule has 0 saturated heterocycles. The normalized spacial score (nSPS) is 12.0. The van der Waals surface area contributed by atoms with E-state index in [9.17, 15) is 22.8 Å². The van der Waals surface area contributed by atoms with E-state index >= 15 is 0 Å². The summed E-state index contributed by atoms with van der Waals surface area (Å²) >= 11 is 0. The predicted octanol–water partition coefficient (Wildman–Crippen LogP) is 4.56. The number of halogens is 3. The molecule has 0 aliphatic heterocycles. The number of aromatic amines is 1. The quantitative estimate of drug-likeness (QED) is 0.687. The van der Waals surface area contributed by atoms with Crippen molar-refractivity contribution in [3.63, 3.8) is 0 Å². The molecule has 3 aromatic rings. The zero-order valence-electron chi connectivity index (χ0n) is 15.2. The van der Waals surface area contributed by atoms with Crippen molar-refractivity contribution < 1.29 is 18.0 Å². The number of nitrogens with zero attached hydrogens (tertiary/aromatic N) is 1. The van der Waals surface area contributed by atoms with Crippen molar-refractivity contribution in [2.75, 3.05) is 11.9 Å². The summed E-state index contributed by atoms with van der Waals surface area (Å²) in [6.07, 6.45) is 1.39. The monoisotopic (exact) mass is 389 g/mol. The van der Waals surface area contributed by atoms with Gasteiger partial charge in [-0.15, -0.1) is 0 Å². The lowest BCUT2D eigenvalue weighted by Gasteiger charge is -2.29. The average Bonchev–Trinajstić information content (AvgIpc) is 2.66. The molecule has 8 heteroatoms. The van der Waals surface area contributed by atoms with Gasteiger partial charge in [-0.3, -0.25) is 4.79 Å². The maximum absolute atomic E-state index is 13.8. The Balaban J connectivity index is 1.96. The standard InChI is InChI=1S/C20H18F3N3O2/c1-3-26(20(28)25-13-6-4-12(21)5-7-13)11(2)16-10-24-19(27)15-9-18(23)17(22)8-14(15)16/h4-11H,3H2,1-2H3,(H,24,27)(H,25,28)/t11-/m1/s1. The van der Waals surface area contributed by atoms with Gasteiger partial charge >= 0.3 is 6.03 Å². The number of fused-ring (bicyclic) bond motifs is 1. The third-order valence-corrected chi connectivity index (χ3v) is 4.59. The summed E-state index contributed by atoms with van der Waals surface area (Å²) < 4.78 is 40.4. The fourth-order valence-electron chi connectivity index (χ4n) is 3.11. The number of hydrogen-bond acceptors (Lipinski definition) is 2. The molecule has 0 radical (unpaired) electrons. The molecule has 0 bridgehead atoms. The first-order valence-corrected chi connectivity index (χ1v) is 8.65. The second-order valence-electron chi connectivity index (χ2n) is 6.28. The first-order chi connectivity index (χ1) is 13.3. The van der Waals surface area contributed by atoms with Crippen LogP contribution in [0.25, 0.3) is 10.8 Å². The van der Waals surface area contributed by atoms with Crippen molar-refractivity contribution in [2.24, 2.45) is 0 Å². The van der Waals surface area contributed by atoms with E-state index in [1.807, 2.05) is 0 Å². The Kier molecular flexibility index (Phi) is 5.39. The Morgan fingerprint density at radius 3 is 2.32 bits per heavy atom. The Morgan fingerprint density at radius 1 is 1.11 bits per heavy atom. The molecule has 2 aromatic carbocycles. The lowest BCUT2D eigenvalue weighted by atomic mass is 10.0. The van der Waals surface area contributed by atoms with Crippen LogP contribution >= 0.6 is 0 Å². The number of amides is 2. The molecule has 1 heterocycles. The topological polar surface area (TPSA) is 65.2 Å². The van der Waals surface area contributed by atoms with Crippen LogP contribution in [0.15, 0.2) is 47.4 Å². The van der Waals surface area contributed by atoms with Crippen molar-refractivity contribution >= 4 is 22.5 Å². The highest BCUT2D eigenvalue weighted by Gasteiger charge is 2.23. The number of carbonyl (C=O) groups is 1. The summed E-state index contributed by atoms with van der Waals surface area (Å²) in [5.74, 6) is -2.62. The molecule has 0 saturated carbocycles. The van der Waals surface area contributed by atoms with Crippen LogP contribution in [0.2, 0.25) is 0 Å². The first-order valence-electron chi connectivity index (χ1n) is 8.65. The molecular formula is C20H18F3N3O2. The van der Waals surface area contributed by atoms with Crippen LogP contribution < -0.4 is 10.9 Å². The van der Waals surface area contributed by atoms with Gasteiger partial charge in [-0.05, 0) is 61.2 Å². The highest BCUT2D eigenvalue weighted by Crippen LogP contribution is 2.28. The Morgan fingerprint density at radius 2 is 1.71 bits per heavy atom. The number of rotatable bonds is 4. The number of pyridine rings is 1. The highest BCUT2D eigenvalue weighted by atomic mass is 19.2. The number of carbonyl (C=O) groups excluding carboxylic acids is 1. The molecule has 0 spiro atoms. The number of benzene rings is 2. The number of anilines is 1. The Labute approximate surface area is 158 Å². The van der Waals surface area contributed by atoms with Gasteiger partial charge in [0.1, 0.15) is 5.82 Å². The van der Waals surface area contributed by atoms with Gasteiger partial charge < -0.3 is 15.2 Å². The van der Waals surface area contributed by atoms with Crippen LogP contribution in [0.3, 0.4) is 0 Å². The van der Waals surface area contributed by atoms with Crippen molar-refractivity contribution in [1.82, 2.24) is 9.88 Å². The minimum atomic E-state index is -1.12. The summed E-state index contributed by atoms with van der Waals surface area (Å²) in [5.41, 5.74) is 0.324. The molecule has 28 heavy (non-hydrogen) atoms. The largest absolute Gasteiger partial charge is 0.328 e. The van der Waals surface area contributed by atoms with E-state index in [0.29, 0.717) is 17.8 Å². The van der Waals surface area contributed by atoms with E-state index in [1.54, 1.807) is 13.8 Å². The van der Waals surface area contributed by atoms with Crippen LogP contribution in [0.5, 0.6) is 0 Å². The molecular weight excluding hydrogens is 371 g/mol. The fraction of sp³-hybridized carbons (Fsp3) is 0.200. The molecule has 0 aliphatic carbocycles. The van der Waals surface area contributed by atoms with Crippen molar-refractivity contribution in [2.45, 2.75) is 19.9 Å². The zero-order chi connectivity index (χ0) is 20.4. The first kappa shape index (κ1) is 19.5. The Bertz CT molecular complexity index is 1080. The van der Waals surface area contributed by atoms with E-state index in [0.717, 1.165) is 12.1 Å². The number of hydrogen-bond donors (Lipinski definition) is 2. The molecule has 1 aromatic heterocycles. The fourth-order valence-corrected chi connectivity index (χ4v) is 3.11. The SMILES string of the molecule is CCN(C(=O)Nc1ccc(F)cc1)[C@H](C)c1c[nH]c(=O)c2cc(F)c(F)cc12. The molecule has 3 rings (SSSR count). The van der Waals surface area contributed by atoms with Crippen LogP contribution in [0, 0.1) is 17.5 Å². The lowest BCUT2D eigenvalue weighted by molar-refractivity contribution is 0.197. The summed E-state index contributed by atoms with van der Waals surface area (Å²) in [5, 5.41) is 2.89. The third kappa shape index (κ3) is 3.71. The zero-order valence-corrected chi connectivity index (χ0v) is 15.2. The van der Waals surface area contributed by atoms with Gasteiger partial charge in [0.2, 0.25) is 0 Å². The van der Waals surface area contributed by atoms with Gasteiger partial charge in [-0.25, -0.2) is 18.0 Å². The lowest BCUT2D eigenvalue weighted by Crippen LogP contribution is -2.37. The van der Waals surface area contributed by atoms with E-state index in [1.165, 1.54) is 35.4 Å². The molecule has 0 aliphatic rings. The minimum Gasteiger partial charge on any atom is -0.328 e. The molecule has 0 fully saturated rings. The van der Waals surface area contributed by atoms with E-state index < -0.39 is 35.1 Å². The third-order valence-electron chi connectivity index (χ3n) is 4.59.